The number of halogens is 3. The molecule has 5 nitrogen and oxygen atoms in total. The van der Waals surface area contributed by atoms with Crippen LogP contribution in [0.25, 0.3) is 0 Å². The van der Waals surface area contributed by atoms with Gasteiger partial charge in [0.05, 0.1) is 5.69 Å². The molecule has 3 heterocycles. The molecule has 0 radical (unpaired) electrons. The van der Waals surface area contributed by atoms with Gasteiger partial charge in [-0.05, 0) is 44.9 Å². The molecule has 0 bridgehead atoms. The first kappa shape index (κ1) is 20.0. The number of fused-ring (bicyclic) bond motifs is 1. The minimum atomic E-state index is -4.32. The van der Waals surface area contributed by atoms with Gasteiger partial charge in [0, 0.05) is 31.1 Å². The highest BCUT2D eigenvalue weighted by Crippen LogP contribution is 2.42. The first-order chi connectivity index (χ1) is 12.7. The number of aromatic nitrogens is 2. The lowest BCUT2D eigenvalue weighted by atomic mass is 9.84. The number of rotatable bonds is 4. The zero-order chi connectivity index (χ0) is 19.8. The Labute approximate surface area is 158 Å². The van der Waals surface area contributed by atoms with E-state index in [9.17, 15) is 18.0 Å². The molecule has 2 atom stereocenters. The molecule has 0 aromatic carbocycles. The van der Waals surface area contributed by atoms with Gasteiger partial charge in [0.2, 0.25) is 5.91 Å². The summed E-state index contributed by atoms with van der Waals surface area (Å²) in [5.41, 5.74) is 0.581. The van der Waals surface area contributed by atoms with Gasteiger partial charge in [-0.25, -0.2) is 4.68 Å². The molecule has 0 saturated carbocycles. The Morgan fingerprint density at radius 1 is 1.30 bits per heavy atom. The monoisotopic (exact) mass is 386 g/mol. The molecule has 2 aliphatic rings. The molecule has 1 aromatic rings. The number of hydrogen-bond donors (Lipinski definition) is 1. The van der Waals surface area contributed by atoms with Crippen LogP contribution in [0.15, 0.2) is 6.07 Å². The number of amides is 1. The molecule has 1 N–H and O–H groups in total. The summed E-state index contributed by atoms with van der Waals surface area (Å²) in [5.74, 6) is 0.824. The number of likely N-dealkylation sites (tertiary alicyclic amines) is 1. The van der Waals surface area contributed by atoms with Crippen molar-refractivity contribution in [1.82, 2.24) is 14.7 Å². The summed E-state index contributed by atoms with van der Waals surface area (Å²) < 4.78 is 41.8. The molecular weight excluding hydrogens is 357 g/mol. The lowest BCUT2D eigenvalue weighted by Crippen LogP contribution is -2.48. The lowest BCUT2D eigenvalue weighted by molar-refractivity contribution is -0.174. The molecule has 1 aromatic heterocycles. The Bertz CT molecular complexity index is 660. The van der Waals surface area contributed by atoms with E-state index in [2.05, 4.69) is 10.4 Å². The van der Waals surface area contributed by atoms with Crippen LogP contribution < -0.4 is 5.32 Å². The van der Waals surface area contributed by atoms with Gasteiger partial charge < -0.3 is 10.2 Å². The highest BCUT2D eigenvalue weighted by molar-refractivity contribution is 5.78. The van der Waals surface area contributed by atoms with Crippen LogP contribution in [0.1, 0.15) is 57.7 Å². The first-order valence-corrected chi connectivity index (χ1v) is 9.92. The smallest absolute Gasteiger partial charge is 0.367 e. The van der Waals surface area contributed by atoms with E-state index in [0.29, 0.717) is 24.6 Å². The summed E-state index contributed by atoms with van der Waals surface area (Å²) in [6, 6.07) is -0.154. The third kappa shape index (κ3) is 4.09. The van der Waals surface area contributed by atoms with Crippen molar-refractivity contribution < 1.29 is 18.0 Å². The van der Waals surface area contributed by atoms with Gasteiger partial charge in [-0.15, -0.1) is 0 Å². The van der Waals surface area contributed by atoms with Crippen LogP contribution in [0.4, 0.5) is 19.0 Å². The minimum Gasteiger partial charge on any atom is -0.367 e. The largest absolute Gasteiger partial charge is 0.410 e. The first-order valence-electron chi connectivity index (χ1n) is 9.92. The Hall–Kier alpha value is -1.73. The predicted molar refractivity (Wildman–Crippen MR) is 97.5 cm³/mol. The Morgan fingerprint density at radius 2 is 1.93 bits per heavy atom. The Morgan fingerprint density at radius 3 is 2.48 bits per heavy atom. The lowest BCUT2D eigenvalue weighted by Gasteiger charge is -2.41. The summed E-state index contributed by atoms with van der Waals surface area (Å²) in [7, 11) is 0. The second-order valence-electron chi connectivity index (χ2n) is 7.84. The number of aryl methyl sites for hydroxylation is 1. The molecule has 0 unspecified atom stereocenters. The molecule has 2 aliphatic heterocycles. The van der Waals surface area contributed by atoms with E-state index in [1.807, 2.05) is 18.7 Å². The standard InChI is InChI=1S/C19H29F3N4O/c1-4-13(5-2)18(27)25-8-6-14(7-9-25)15-11-16(19(20,21)22)26-17(23-15)10-12(3)24-26/h10,13-16,23H,4-9,11H2,1-3H3/t15-,16+/m0/s1. The molecule has 27 heavy (non-hydrogen) atoms. The second kappa shape index (κ2) is 7.72. The summed E-state index contributed by atoms with van der Waals surface area (Å²) in [6.45, 7) is 7.01. The molecule has 1 saturated heterocycles. The topological polar surface area (TPSA) is 50.2 Å². The number of anilines is 1. The molecule has 3 rings (SSSR count). The van der Waals surface area contributed by atoms with Gasteiger partial charge >= 0.3 is 6.18 Å². The number of nitrogens with zero attached hydrogens (tertiary/aromatic N) is 3. The van der Waals surface area contributed by atoms with E-state index in [-0.39, 0.29) is 30.2 Å². The van der Waals surface area contributed by atoms with Crippen LogP contribution in [0.5, 0.6) is 0 Å². The van der Waals surface area contributed by atoms with E-state index in [0.717, 1.165) is 30.4 Å². The minimum absolute atomic E-state index is 0.0111. The van der Waals surface area contributed by atoms with Crippen molar-refractivity contribution in [2.24, 2.45) is 11.8 Å². The predicted octanol–water partition coefficient (Wildman–Crippen LogP) is 4.15. The zero-order valence-electron chi connectivity index (χ0n) is 16.2. The number of alkyl halides is 3. The summed E-state index contributed by atoms with van der Waals surface area (Å²) >= 11 is 0. The number of piperidine rings is 1. The summed E-state index contributed by atoms with van der Waals surface area (Å²) in [6.07, 6.45) is -1.20. The Kier molecular flexibility index (Phi) is 5.72. The van der Waals surface area contributed by atoms with Crippen molar-refractivity contribution >= 4 is 11.7 Å². The molecular formula is C19H29F3N4O. The van der Waals surface area contributed by atoms with Gasteiger partial charge in [0.1, 0.15) is 5.82 Å². The fourth-order valence-corrected chi connectivity index (χ4v) is 4.45. The van der Waals surface area contributed by atoms with E-state index in [1.165, 1.54) is 0 Å². The van der Waals surface area contributed by atoms with E-state index >= 15 is 0 Å². The SMILES string of the molecule is CCC(CC)C(=O)N1CCC([C@@H]2C[C@H](C(F)(F)F)n3nc(C)cc3N2)CC1. The third-order valence-corrected chi connectivity index (χ3v) is 6.10. The van der Waals surface area contributed by atoms with E-state index in [4.69, 9.17) is 0 Å². The molecule has 0 spiro atoms. The molecule has 0 aliphatic carbocycles. The quantitative estimate of drug-likeness (QED) is 0.846. The van der Waals surface area contributed by atoms with Crippen molar-refractivity contribution in [2.75, 3.05) is 18.4 Å². The number of hydrogen-bond acceptors (Lipinski definition) is 3. The van der Waals surface area contributed by atoms with Crippen LogP contribution >= 0.6 is 0 Å². The number of nitrogens with one attached hydrogen (secondary N) is 1. The second-order valence-corrected chi connectivity index (χ2v) is 7.84. The van der Waals surface area contributed by atoms with Crippen molar-refractivity contribution in [2.45, 2.75) is 71.1 Å². The zero-order valence-corrected chi connectivity index (χ0v) is 16.2. The number of carbonyl (C=O) groups is 1. The van der Waals surface area contributed by atoms with Gasteiger partial charge in [-0.2, -0.15) is 18.3 Å². The molecule has 1 amide bonds. The highest BCUT2D eigenvalue weighted by Gasteiger charge is 2.47. The van der Waals surface area contributed by atoms with E-state index < -0.39 is 12.2 Å². The van der Waals surface area contributed by atoms with Crippen LogP contribution in [0, 0.1) is 18.8 Å². The fraction of sp³-hybridized carbons (Fsp3) is 0.789. The fourth-order valence-electron chi connectivity index (χ4n) is 4.45. The van der Waals surface area contributed by atoms with Gasteiger partial charge in [0.15, 0.2) is 6.04 Å². The van der Waals surface area contributed by atoms with Crippen molar-refractivity contribution in [3.8, 4) is 0 Å². The van der Waals surface area contributed by atoms with Crippen molar-refractivity contribution in [3.63, 3.8) is 0 Å². The third-order valence-electron chi connectivity index (χ3n) is 6.10. The molecule has 1 fully saturated rings. The van der Waals surface area contributed by atoms with Gasteiger partial charge in [0.25, 0.3) is 0 Å². The molecule has 8 heteroatoms. The van der Waals surface area contributed by atoms with Gasteiger partial charge in [-0.3, -0.25) is 4.79 Å². The average molecular weight is 386 g/mol. The van der Waals surface area contributed by atoms with Crippen molar-refractivity contribution in [1.29, 1.82) is 0 Å². The maximum absolute atomic E-state index is 13.6. The summed E-state index contributed by atoms with van der Waals surface area (Å²) in [4.78, 5) is 14.4. The Balaban J connectivity index is 1.67. The maximum atomic E-state index is 13.6. The van der Waals surface area contributed by atoms with E-state index in [1.54, 1.807) is 13.0 Å². The number of carbonyl (C=O) groups excluding carboxylic acids is 1. The van der Waals surface area contributed by atoms with Crippen LogP contribution in [-0.4, -0.2) is 45.9 Å². The maximum Gasteiger partial charge on any atom is 0.410 e. The normalized spacial score (nSPS) is 24.0. The van der Waals surface area contributed by atoms with Crippen molar-refractivity contribution in [3.05, 3.63) is 11.8 Å². The highest BCUT2D eigenvalue weighted by atomic mass is 19.4. The molecule has 152 valence electrons. The van der Waals surface area contributed by atoms with Crippen LogP contribution in [-0.2, 0) is 4.79 Å². The van der Waals surface area contributed by atoms with Crippen LogP contribution in [0.2, 0.25) is 0 Å². The average Bonchev–Trinajstić information content (AvgIpc) is 3.01. The van der Waals surface area contributed by atoms with Gasteiger partial charge in [-0.1, -0.05) is 13.8 Å². The summed E-state index contributed by atoms with van der Waals surface area (Å²) in [5, 5.41) is 7.31. The van der Waals surface area contributed by atoms with Crippen LogP contribution in [0.3, 0.4) is 0 Å².